The molecule has 0 spiro atoms. The lowest BCUT2D eigenvalue weighted by Crippen LogP contribution is -2.37. The number of nitrogens with zero attached hydrogens (tertiary/aromatic N) is 3. The van der Waals surface area contributed by atoms with E-state index in [1.165, 1.54) is 31.8 Å². The van der Waals surface area contributed by atoms with Crippen molar-refractivity contribution in [3.8, 4) is 0 Å². The van der Waals surface area contributed by atoms with Gasteiger partial charge in [0.2, 0.25) is 7.71 Å². The van der Waals surface area contributed by atoms with E-state index in [4.69, 9.17) is 0 Å². The maximum Gasteiger partial charge on any atom is 0.225 e. The SMILES string of the molecule is CCCCCC[P+](N(C)C)(N(C)C)N(C)C. The van der Waals surface area contributed by atoms with Gasteiger partial charge in [-0.25, -0.2) is 0 Å². The first kappa shape index (κ1) is 16.3. The van der Waals surface area contributed by atoms with Crippen molar-refractivity contribution in [2.24, 2.45) is 0 Å². The van der Waals surface area contributed by atoms with Gasteiger partial charge < -0.3 is 0 Å². The summed E-state index contributed by atoms with van der Waals surface area (Å²) in [4.78, 5) is 0. The minimum atomic E-state index is -1.25. The summed E-state index contributed by atoms with van der Waals surface area (Å²) in [6, 6.07) is 0. The molecule has 0 N–H and O–H groups in total. The highest BCUT2D eigenvalue weighted by atomic mass is 31.2. The van der Waals surface area contributed by atoms with Gasteiger partial charge in [-0.05, 0) is 12.8 Å². The average Bonchev–Trinajstić information content (AvgIpc) is 2.16. The molecular weight excluding hydrogens is 217 g/mol. The van der Waals surface area contributed by atoms with E-state index in [9.17, 15) is 0 Å². The molecule has 0 aromatic rings. The molecule has 0 aliphatic heterocycles. The van der Waals surface area contributed by atoms with Crippen LogP contribution in [0.15, 0.2) is 0 Å². The minimum Gasteiger partial charge on any atom is -0.155 e. The molecule has 0 saturated carbocycles. The van der Waals surface area contributed by atoms with Crippen LogP contribution in [-0.2, 0) is 0 Å². The number of unbranched alkanes of at least 4 members (excludes halogenated alkanes) is 3. The molecule has 0 aromatic carbocycles. The lowest BCUT2D eigenvalue weighted by Gasteiger charge is -2.40. The molecule has 4 heteroatoms. The smallest absolute Gasteiger partial charge is 0.155 e. The fourth-order valence-electron chi connectivity index (χ4n) is 2.42. The Hall–Kier alpha value is 0.310. The van der Waals surface area contributed by atoms with Gasteiger partial charge in [0.15, 0.2) is 0 Å². The third-order valence-corrected chi connectivity index (χ3v) is 7.99. The molecule has 0 amide bonds. The topological polar surface area (TPSA) is 9.72 Å². The lowest BCUT2D eigenvalue weighted by molar-refractivity contribution is 0.454. The molecule has 0 rings (SSSR count). The van der Waals surface area contributed by atoms with E-state index >= 15 is 0 Å². The van der Waals surface area contributed by atoms with Crippen LogP contribution in [0, 0.1) is 0 Å². The quantitative estimate of drug-likeness (QED) is 0.483. The molecule has 0 fully saturated rings. The molecule has 0 heterocycles. The second kappa shape index (κ2) is 7.60. The minimum absolute atomic E-state index is 1.25. The summed E-state index contributed by atoms with van der Waals surface area (Å²) < 4.78 is 7.29. The largest absolute Gasteiger partial charge is 0.225 e. The average molecular weight is 248 g/mol. The lowest BCUT2D eigenvalue weighted by atomic mass is 10.2. The van der Waals surface area contributed by atoms with E-state index in [-0.39, 0.29) is 0 Å². The first-order valence-electron chi connectivity index (χ1n) is 6.31. The zero-order valence-corrected chi connectivity index (χ0v) is 13.2. The Kier molecular flexibility index (Phi) is 7.75. The van der Waals surface area contributed by atoms with Crippen LogP contribution in [0.4, 0.5) is 0 Å². The zero-order chi connectivity index (χ0) is 12.8. The molecule has 0 unspecified atom stereocenters. The zero-order valence-electron chi connectivity index (χ0n) is 12.3. The fourth-order valence-corrected chi connectivity index (χ4v) is 6.42. The summed E-state index contributed by atoms with van der Waals surface area (Å²) >= 11 is 0. The molecule has 0 bridgehead atoms. The third-order valence-electron chi connectivity index (χ3n) is 3.23. The van der Waals surface area contributed by atoms with Gasteiger partial charge >= 0.3 is 0 Å². The maximum absolute atomic E-state index is 2.43. The summed E-state index contributed by atoms with van der Waals surface area (Å²) in [5, 5.41) is 0. The van der Waals surface area contributed by atoms with Crippen molar-refractivity contribution in [3.05, 3.63) is 0 Å². The first-order chi connectivity index (χ1) is 7.39. The molecule has 98 valence electrons. The normalized spacial score (nSPS) is 13.1. The standard InChI is InChI=1S/C12H31N3P/c1-8-9-10-11-12-16(13(2)3,14(4)5)15(6)7/h8-12H2,1-7H3/q+1. The van der Waals surface area contributed by atoms with Gasteiger partial charge in [0, 0.05) is 42.3 Å². The molecule has 0 aromatic heterocycles. The Bertz CT molecular complexity index is 159. The van der Waals surface area contributed by atoms with Crippen molar-refractivity contribution in [1.29, 1.82) is 0 Å². The molecular formula is C12H31N3P+. The van der Waals surface area contributed by atoms with Crippen LogP contribution >= 0.6 is 7.71 Å². The number of rotatable bonds is 8. The van der Waals surface area contributed by atoms with Crippen LogP contribution < -0.4 is 0 Å². The van der Waals surface area contributed by atoms with Crippen LogP contribution in [0.5, 0.6) is 0 Å². The highest BCUT2D eigenvalue weighted by Crippen LogP contribution is 2.63. The molecule has 0 aliphatic rings. The van der Waals surface area contributed by atoms with Crippen molar-refractivity contribution in [2.45, 2.75) is 32.6 Å². The summed E-state index contributed by atoms with van der Waals surface area (Å²) in [5.41, 5.74) is 0. The van der Waals surface area contributed by atoms with Crippen LogP contribution in [0.25, 0.3) is 0 Å². The van der Waals surface area contributed by atoms with Gasteiger partial charge in [-0.2, -0.15) is 14.0 Å². The second-order valence-electron chi connectivity index (χ2n) is 5.02. The van der Waals surface area contributed by atoms with Crippen molar-refractivity contribution in [1.82, 2.24) is 14.0 Å². The van der Waals surface area contributed by atoms with Gasteiger partial charge in [0.05, 0.1) is 0 Å². The van der Waals surface area contributed by atoms with E-state index < -0.39 is 7.71 Å². The summed E-state index contributed by atoms with van der Waals surface area (Å²) in [7, 11) is 12.0. The Balaban J connectivity index is 4.52. The van der Waals surface area contributed by atoms with Gasteiger partial charge in [0.25, 0.3) is 0 Å². The fraction of sp³-hybridized carbons (Fsp3) is 1.00. The van der Waals surface area contributed by atoms with Crippen molar-refractivity contribution in [2.75, 3.05) is 48.4 Å². The van der Waals surface area contributed by atoms with E-state index in [2.05, 4.69) is 63.2 Å². The first-order valence-corrected chi connectivity index (χ1v) is 8.14. The van der Waals surface area contributed by atoms with Crippen LogP contribution in [-0.4, -0.2) is 62.5 Å². The Morgan fingerprint density at radius 1 is 0.688 bits per heavy atom. The molecule has 16 heavy (non-hydrogen) atoms. The Morgan fingerprint density at radius 3 is 1.44 bits per heavy atom. The monoisotopic (exact) mass is 248 g/mol. The molecule has 0 saturated heterocycles. The predicted octanol–water partition coefficient (Wildman–Crippen LogP) is 3.01. The van der Waals surface area contributed by atoms with Gasteiger partial charge in [-0.3, -0.25) is 0 Å². The Morgan fingerprint density at radius 2 is 1.12 bits per heavy atom. The maximum atomic E-state index is 2.43. The molecule has 0 aliphatic carbocycles. The van der Waals surface area contributed by atoms with E-state index in [0.717, 1.165) is 0 Å². The van der Waals surface area contributed by atoms with Gasteiger partial charge in [0.1, 0.15) is 6.16 Å². The summed E-state index contributed by atoms with van der Waals surface area (Å²) in [6.45, 7) is 2.27. The van der Waals surface area contributed by atoms with Gasteiger partial charge in [-0.1, -0.05) is 19.8 Å². The second-order valence-corrected chi connectivity index (χ2v) is 9.25. The van der Waals surface area contributed by atoms with Crippen molar-refractivity contribution >= 4 is 7.71 Å². The molecule has 0 atom stereocenters. The van der Waals surface area contributed by atoms with Crippen LogP contribution in [0.2, 0.25) is 0 Å². The summed E-state index contributed by atoms with van der Waals surface area (Å²) in [6.07, 6.45) is 6.70. The highest BCUT2D eigenvalue weighted by Gasteiger charge is 2.46. The predicted molar refractivity (Wildman–Crippen MR) is 77.0 cm³/mol. The van der Waals surface area contributed by atoms with Crippen molar-refractivity contribution in [3.63, 3.8) is 0 Å². The number of hydrogen-bond donors (Lipinski definition) is 0. The van der Waals surface area contributed by atoms with E-state index in [0.29, 0.717) is 0 Å². The Labute approximate surface area is 103 Å². The van der Waals surface area contributed by atoms with E-state index in [1.807, 2.05) is 0 Å². The third kappa shape index (κ3) is 3.96. The highest BCUT2D eigenvalue weighted by molar-refractivity contribution is 7.68. The van der Waals surface area contributed by atoms with E-state index in [1.54, 1.807) is 0 Å². The number of hydrogen-bond acceptors (Lipinski definition) is 3. The van der Waals surface area contributed by atoms with Crippen LogP contribution in [0.1, 0.15) is 32.6 Å². The summed E-state index contributed by atoms with van der Waals surface area (Å²) in [5.74, 6) is 0. The van der Waals surface area contributed by atoms with Crippen LogP contribution in [0.3, 0.4) is 0 Å². The van der Waals surface area contributed by atoms with Gasteiger partial charge in [-0.15, -0.1) is 0 Å². The van der Waals surface area contributed by atoms with Crippen molar-refractivity contribution < 1.29 is 0 Å². The molecule has 0 radical (unpaired) electrons. The molecule has 3 nitrogen and oxygen atoms in total.